The summed E-state index contributed by atoms with van der Waals surface area (Å²) in [6.45, 7) is 2.20. The highest BCUT2D eigenvalue weighted by Gasteiger charge is 2.35. The number of benzene rings is 1. The van der Waals surface area contributed by atoms with Crippen molar-refractivity contribution in [3.63, 3.8) is 0 Å². The van der Waals surface area contributed by atoms with E-state index in [1.807, 2.05) is 24.3 Å². The first-order chi connectivity index (χ1) is 10.1. The maximum atomic E-state index is 11.5. The van der Waals surface area contributed by atoms with Crippen LogP contribution >= 0.6 is 11.8 Å². The summed E-state index contributed by atoms with van der Waals surface area (Å²) in [7, 11) is 1.65. The standard InChI is InChI=1S/C17H24O3S/c1-3-4-12-5-10-15(17(18)19)16(11-12)21-14-8-6-13(20-2)7-9-14/h6-9,12,15-16H,3-5,10-11H2,1-2H3,(H,18,19). The summed E-state index contributed by atoms with van der Waals surface area (Å²) in [5.74, 6) is 0.657. The topological polar surface area (TPSA) is 46.5 Å². The first-order valence-corrected chi connectivity index (χ1v) is 8.55. The predicted octanol–water partition coefficient (Wildman–Crippen LogP) is 4.46. The summed E-state index contributed by atoms with van der Waals surface area (Å²) in [6.07, 6.45) is 5.29. The van der Waals surface area contributed by atoms with Crippen molar-refractivity contribution in [2.75, 3.05) is 7.11 Å². The van der Waals surface area contributed by atoms with Gasteiger partial charge in [0.15, 0.2) is 0 Å². The maximum Gasteiger partial charge on any atom is 0.307 e. The van der Waals surface area contributed by atoms with Crippen molar-refractivity contribution < 1.29 is 14.6 Å². The van der Waals surface area contributed by atoms with Crippen LogP contribution in [0.3, 0.4) is 0 Å². The lowest BCUT2D eigenvalue weighted by Crippen LogP contribution is -2.32. The van der Waals surface area contributed by atoms with E-state index in [0.717, 1.165) is 29.9 Å². The van der Waals surface area contributed by atoms with Gasteiger partial charge in [-0.2, -0.15) is 0 Å². The van der Waals surface area contributed by atoms with Gasteiger partial charge in [-0.3, -0.25) is 4.79 Å². The third kappa shape index (κ3) is 4.40. The van der Waals surface area contributed by atoms with E-state index in [1.54, 1.807) is 18.9 Å². The SMILES string of the molecule is CCCC1CCC(C(=O)O)C(Sc2ccc(OC)cc2)C1. The van der Waals surface area contributed by atoms with Gasteiger partial charge >= 0.3 is 5.97 Å². The third-order valence-corrected chi connectivity index (χ3v) is 5.63. The van der Waals surface area contributed by atoms with Crippen LogP contribution in [0.1, 0.15) is 39.0 Å². The molecule has 3 atom stereocenters. The summed E-state index contributed by atoms with van der Waals surface area (Å²) in [6, 6.07) is 7.91. The van der Waals surface area contributed by atoms with Crippen LogP contribution in [-0.2, 0) is 4.79 Å². The molecule has 0 bridgehead atoms. The molecule has 0 radical (unpaired) electrons. The molecular formula is C17H24O3S. The minimum absolute atomic E-state index is 0.182. The van der Waals surface area contributed by atoms with Crippen molar-refractivity contribution in [2.45, 2.75) is 49.2 Å². The summed E-state index contributed by atoms with van der Waals surface area (Å²) in [5, 5.41) is 9.63. The summed E-state index contributed by atoms with van der Waals surface area (Å²) in [5.41, 5.74) is 0. The molecule has 1 saturated carbocycles. The fraction of sp³-hybridized carbons (Fsp3) is 0.588. The van der Waals surface area contributed by atoms with Crippen molar-refractivity contribution in [3.05, 3.63) is 24.3 Å². The minimum Gasteiger partial charge on any atom is -0.497 e. The molecule has 1 fully saturated rings. The number of ether oxygens (including phenoxy) is 1. The van der Waals surface area contributed by atoms with Gasteiger partial charge < -0.3 is 9.84 Å². The number of hydrogen-bond donors (Lipinski definition) is 1. The number of thioether (sulfide) groups is 1. The highest BCUT2D eigenvalue weighted by atomic mass is 32.2. The van der Waals surface area contributed by atoms with E-state index in [2.05, 4.69) is 6.92 Å². The van der Waals surface area contributed by atoms with E-state index in [1.165, 1.54) is 12.8 Å². The van der Waals surface area contributed by atoms with E-state index in [4.69, 9.17) is 4.74 Å². The number of rotatable bonds is 6. The van der Waals surface area contributed by atoms with Gasteiger partial charge in [0.2, 0.25) is 0 Å². The molecule has 0 amide bonds. The number of carboxylic acids is 1. The molecule has 21 heavy (non-hydrogen) atoms. The highest BCUT2D eigenvalue weighted by molar-refractivity contribution is 8.00. The average Bonchev–Trinajstić information content (AvgIpc) is 2.48. The zero-order valence-electron chi connectivity index (χ0n) is 12.7. The molecule has 0 heterocycles. The Bertz CT molecular complexity index is 458. The van der Waals surface area contributed by atoms with Gasteiger partial charge in [-0.25, -0.2) is 0 Å². The van der Waals surface area contributed by atoms with Gasteiger partial charge in [0.25, 0.3) is 0 Å². The highest BCUT2D eigenvalue weighted by Crippen LogP contribution is 2.41. The predicted molar refractivity (Wildman–Crippen MR) is 86.0 cm³/mol. The molecular weight excluding hydrogens is 284 g/mol. The minimum atomic E-state index is -0.643. The number of carboxylic acid groups (broad SMARTS) is 1. The van der Waals surface area contributed by atoms with Crippen LogP contribution in [0.25, 0.3) is 0 Å². The fourth-order valence-corrected chi connectivity index (χ4v) is 4.55. The van der Waals surface area contributed by atoms with E-state index >= 15 is 0 Å². The first-order valence-electron chi connectivity index (χ1n) is 7.67. The van der Waals surface area contributed by atoms with Gasteiger partial charge in [0.05, 0.1) is 13.0 Å². The molecule has 1 aliphatic carbocycles. The number of hydrogen-bond acceptors (Lipinski definition) is 3. The molecule has 1 aliphatic rings. The number of carbonyl (C=O) groups is 1. The Kier molecular flexibility index (Phi) is 5.97. The van der Waals surface area contributed by atoms with Crippen molar-refractivity contribution in [1.82, 2.24) is 0 Å². The zero-order valence-corrected chi connectivity index (χ0v) is 13.6. The average molecular weight is 308 g/mol. The normalized spacial score (nSPS) is 25.5. The van der Waals surface area contributed by atoms with Crippen molar-refractivity contribution in [3.8, 4) is 5.75 Å². The largest absolute Gasteiger partial charge is 0.497 e. The Morgan fingerprint density at radius 1 is 1.33 bits per heavy atom. The molecule has 2 rings (SSSR count). The van der Waals surface area contributed by atoms with Gasteiger partial charge in [-0.05, 0) is 49.4 Å². The van der Waals surface area contributed by atoms with Crippen LogP contribution in [0.15, 0.2) is 29.2 Å². The summed E-state index contributed by atoms with van der Waals surface area (Å²) >= 11 is 1.71. The molecule has 4 heteroatoms. The van der Waals surface area contributed by atoms with E-state index in [-0.39, 0.29) is 11.2 Å². The van der Waals surface area contributed by atoms with Crippen LogP contribution in [0.5, 0.6) is 5.75 Å². The monoisotopic (exact) mass is 308 g/mol. The molecule has 1 aromatic rings. The van der Waals surface area contributed by atoms with Crippen LogP contribution in [-0.4, -0.2) is 23.4 Å². The molecule has 1 N–H and O–H groups in total. The molecule has 0 spiro atoms. The van der Waals surface area contributed by atoms with Gasteiger partial charge in [0, 0.05) is 10.1 Å². The van der Waals surface area contributed by atoms with Crippen LogP contribution in [0.4, 0.5) is 0 Å². The third-order valence-electron chi connectivity index (χ3n) is 4.26. The molecule has 0 aliphatic heterocycles. The number of aliphatic carboxylic acids is 1. The second-order valence-electron chi connectivity index (χ2n) is 5.74. The quantitative estimate of drug-likeness (QED) is 0.843. The summed E-state index contributed by atoms with van der Waals surface area (Å²) < 4.78 is 5.16. The fourth-order valence-electron chi connectivity index (χ4n) is 3.12. The second kappa shape index (κ2) is 7.74. The van der Waals surface area contributed by atoms with E-state index in [9.17, 15) is 9.90 Å². The van der Waals surface area contributed by atoms with Gasteiger partial charge in [-0.1, -0.05) is 19.8 Å². The second-order valence-corrected chi connectivity index (χ2v) is 7.06. The lowest BCUT2D eigenvalue weighted by atomic mass is 9.80. The Morgan fingerprint density at radius 3 is 2.62 bits per heavy atom. The Balaban J connectivity index is 2.05. The molecule has 3 nitrogen and oxygen atoms in total. The van der Waals surface area contributed by atoms with Gasteiger partial charge in [0.1, 0.15) is 5.75 Å². The maximum absolute atomic E-state index is 11.5. The van der Waals surface area contributed by atoms with Crippen molar-refractivity contribution in [1.29, 1.82) is 0 Å². The number of methoxy groups -OCH3 is 1. The van der Waals surface area contributed by atoms with E-state index < -0.39 is 5.97 Å². The van der Waals surface area contributed by atoms with Crippen LogP contribution in [0, 0.1) is 11.8 Å². The molecule has 0 saturated heterocycles. The van der Waals surface area contributed by atoms with Crippen LogP contribution < -0.4 is 4.74 Å². The lowest BCUT2D eigenvalue weighted by molar-refractivity contribution is -0.142. The van der Waals surface area contributed by atoms with Gasteiger partial charge in [-0.15, -0.1) is 11.8 Å². The van der Waals surface area contributed by atoms with Crippen LogP contribution in [0.2, 0.25) is 0 Å². The lowest BCUT2D eigenvalue weighted by Gasteiger charge is -2.33. The molecule has 0 aromatic heterocycles. The smallest absolute Gasteiger partial charge is 0.307 e. The zero-order chi connectivity index (χ0) is 15.2. The van der Waals surface area contributed by atoms with Crippen molar-refractivity contribution in [2.24, 2.45) is 11.8 Å². The molecule has 116 valence electrons. The first kappa shape index (κ1) is 16.2. The Labute approximate surface area is 131 Å². The molecule has 3 unspecified atom stereocenters. The van der Waals surface area contributed by atoms with E-state index in [0.29, 0.717) is 5.92 Å². The molecule has 1 aromatic carbocycles. The Morgan fingerprint density at radius 2 is 2.05 bits per heavy atom. The Hall–Kier alpha value is -1.16. The van der Waals surface area contributed by atoms with Crippen molar-refractivity contribution >= 4 is 17.7 Å². The summed E-state index contributed by atoms with van der Waals surface area (Å²) in [4.78, 5) is 12.6.